The van der Waals surface area contributed by atoms with Crippen molar-refractivity contribution in [2.45, 2.75) is 24.4 Å². The fourth-order valence-corrected chi connectivity index (χ4v) is 6.85. The normalized spacial score (nSPS) is 20.4. The molecule has 2 aliphatic heterocycles. The van der Waals surface area contributed by atoms with Gasteiger partial charge in [-0.2, -0.15) is 4.31 Å². The lowest BCUT2D eigenvalue weighted by atomic mass is 10.2. The molecule has 4 rings (SSSR count). The Kier molecular flexibility index (Phi) is 7.54. The summed E-state index contributed by atoms with van der Waals surface area (Å²) in [6.45, 7) is 7.87. The zero-order chi connectivity index (χ0) is 22.7. The first-order valence-corrected chi connectivity index (χ1v) is 13.5. The highest BCUT2D eigenvalue weighted by Gasteiger charge is 2.33. The van der Waals surface area contributed by atoms with Gasteiger partial charge in [0.15, 0.2) is 0 Å². The lowest BCUT2D eigenvalue weighted by Crippen LogP contribution is -2.57. The van der Waals surface area contributed by atoms with E-state index in [4.69, 9.17) is 11.6 Å². The van der Waals surface area contributed by atoms with Crippen LogP contribution in [0.4, 0.5) is 0 Å². The van der Waals surface area contributed by atoms with Crippen molar-refractivity contribution in [2.24, 2.45) is 0 Å². The predicted octanol–water partition coefficient (Wildman–Crippen LogP) is 2.44. The van der Waals surface area contributed by atoms with E-state index < -0.39 is 10.0 Å². The first kappa shape index (κ1) is 23.7. The molecule has 10 heteroatoms. The molecular weight excluding hydrogens is 468 g/mol. The van der Waals surface area contributed by atoms with Crippen LogP contribution in [0.5, 0.6) is 0 Å². The van der Waals surface area contributed by atoms with Crippen molar-refractivity contribution in [1.29, 1.82) is 0 Å². The Morgan fingerprint density at radius 1 is 0.969 bits per heavy atom. The largest absolute Gasteiger partial charge is 0.339 e. The fourth-order valence-electron chi connectivity index (χ4n) is 4.28. The Morgan fingerprint density at radius 3 is 2.22 bits per heavy atom. The van der Waals surface area contributed by atoms with Crippen molar-refractivity contribution in [3.63, 3.8) is 0 Å². The molecule has 0 N–H and O–H groups in total. The number of thiophene rings is 1. The maximum absolute atomic E-state index is 13.1. The lowest BCUT2D eigenvalue weighted by Gasteiger charge is -2.40. The van der Waals surface area contributed by atoms with Gasteiger partial charge in [0, 0.05) is 63.8 Å². The highest BCUT2D eigenvalue weighted by Crippen LogP contribution is 2.23. The van der Waals surface area contributed by atoms with Gasteiger partial charge in [0.1, 0.15) is 0 Å². The van der Waals surface area contributed by atoms with Crippen molar-refractivity contribution in [1.82, 2.24) is 19.0 Å². The molecular formula is C22H29ClN4O3S2. The van der Waals surface area contributed by atoms with Crippen molar-refractivity contribution in [3.8, 4) is 0 Å². The third-order valence-electron chi connectivity index (χ3n) is 6.25. The average molecular weight is 497 g/mol. The number of carbonyl (C=O) groups is 1. The summed E-state index contributed by atoms with van der Waals surface area (Å²) in [6.07, 6.45) is 0. The molecule has 1 aromatic carbocycles. The van der Waals surface area contributed by atoms with Gasteiger partial charge >= 0.3 is 0 Å². The van der Waals surface area contributed by atoms with Gasteiger partial charge in [0.05, 0.1) is 15.3 Å². The smallest absolute Gasteiger partial charge is 0.243 e. The van der Waals surface area contributed by atoms with E-state index in [2.05, 4.69) is 15.9 Å². The van der Waals surface area contributed by atoms with Gasteiger partial charge in [0.25, 0.3) is 0 Å². The summed E-state index contributed by atoms with van der Waals surface area (Å²) in [5, 5.41) is 0. The van der Waals surface area contributed by atoms with Gasteiger partial charge < -0.3 is 4.90 Å². The molecule has 0 radical (unpaired) electrons. The summed E-state index contributed by atoms with van der Waals surface area (Å²) in [4.78, 5) is 21.1. The van der Waals surface area contributed by atoms with E-state index in [0.717, 1.165) is 37.1 Å². The average Bonchev–Trinajstić information content (AvgIpc) is 3.23. The Bertz CT molecular complexity index is 1010. The molecule has 2 saturated heterocycles. The highest BCUT2D eigenvalue weighted by atomic mass is 35.5. The molecule has 0 saturated carbocycles. The molecule has 3 heterocycles. The van der Waals surface area contributed by atoms with Crippen LogP contribution < -0.4 is 0 Å². The SMILES string of the molecule is C[C@@H](C(=O)N1CCN(S(=O)(=O)c2ccccc2)CC1)N1CCN(Cc2ccc(Cl)s2)CC1. The van der Waals surface area contributed by atoms with Crippen molar-refractivity contribution < 1.29 is 13.2 Å². The van der Waals surface area contributed by atoms with E-state index in [1.165, 1.54) is 9.18 Å². The number of nitrogens with zero attached hydrogens (tertiary/aromatic N) is 4. The van der Waals surface area contributed by atoms with E-state index in [-0.39, 0.29) is 11.9 Å². The summed E-state index contributed by atoms with van der Waals surface area (Å²) >= 11 is 7.64. The van der Waals surface area contributed by atoms with E-state index in [0.29, 0.717) is 31.1 Å². The van der Waals surface area contributed by atoms with Gasteiger partial charge in [-0.15, -0.1) is 11.3 Å². The summed E-state index contributed by atoms with van der Waals surface area (Å²) in [6, 6.07) is 12.3. The van der Waals surface area contributed by atoms with E-state index >= 15 is 0 Å². The van der Waals surface area contributed by atoms with Crippen LogP contribution in [0.1, 0.15) is 11.8 Å². The quantitative estimate of drug-likeness (QED) is 0.614. The second kappa shape index (κ2) is 10.2. The topological polar surface area (TPSA) is 64.2 Å². The molecule has 0 unspecified atom stereocenters. The van der Waals surface area contributed by atoms with Crippen molar-refractivity contribution >= 4 is 38.9 Å². The third kappa shape index (κ3) is 5.35. The molecule has 2 fully saturated rings. The van der Waals surface area contributed by atoms with E-state index in [1.807, 2.05) is 17.9 Å². The number of piperazine rings is 2. The Balaban J connectivity index is 1.26. The Morgan fingerprint density at radius 2 is 1.62 bits per heavy atom. The fraction of sp³-hybridized carbons (Fsp3) is 0.500. The van der Waals surface area contributed by atoms with Crippen LogP contribution in [-0.2, 0) is 21.4 Å². The number of carbonyl (C=O) groups excluding carboxylic acids is 1. The molecule has 0 bridgehead atoms. The number of amides is 1. The standard InChI is InChI=1S/C22H29ClN4O3S2/c1-18(25-11-9-24(10-12-25)17-19-7-8-21(23)31-19)22(28)26-13-15-27(16-14-26)32(29,30)20-5-3-2-4-6-20/h2-8,18H,9-17H2,1H3/t18-/m0/s1. The van der Waals surface area contributed by atoms with Gasteiger partial charge in [-0.1, -0.05) is 29.8 Å². The molecule has 2 aromatic rings. The van der Waals surface area contributed by atoms with Crippen LogP contribution in [0.15, 0.2) is 47.4 Å². The van der Waals surface area contributed by atoms with Gasteiger partial charge in [0.2, 0.25) is 15.9 Å². The van der Waals surface area contributed by atoms with Crippen molar-refractivity contribution in [2.75, 3.05) is 52.4 Å². The Hall–Kier alpha value is -1.49. The second-order valence-electron chi connectivity index (χ2n) is 8.24. The number of hydrogen-bond donors (Lipinski definition) is 0. The summed E-state index contributed by atoms with van der Waals surface area (Å²) in [7, 11) is -3.51. The second-order valence-corrected chi connectivity index (χ2v) is 12.0. The number of sulfonamides is 1. The zero-order valence-electron chi connectivity index (χ0n) is 18.2. The molecule has 1 aromatic heterocycles. The number of hydrogen-bond acceptors (Lipinski definition) is 6. The molecule has 7 nitrogen and oxygen atoms in total. The third-order valence-corrected chi connectivity index (χ3v) is 9.38. The lowest BCUT2D eigenvalue weighted by molar-refractivity contribution is -0.138. The van der Waals surface area contributed by atoms with Crippen LogP contribution in [0.25, 0.3) is 0 Å². The molecule has 1 amide bonds. The van der Waals surface area contributed by atoms with Crippen LogP contribution in [0.2, 0.25) is 4.34 Å². The highest BCUT2D eigenvalue weighted by molar-refractivity contribution is 7.89. The Labute approximate surface area is 199 Å². The summed E-state index contributed by atoms with van der Waals surface area (Å²) < 4.78 is 27.9. The van der Waals surface area contributed by atoms with Crippen LogP contribution in [0.3, 0.4) is 0 Å². The zero-order valence-corrected chi connectivity index (χ0v) is 20.6. The maximum Gasteiger partial charge on any atom is 0.243 e. The molecule has 0 aliphatic carbocycles. The minimum Gasteiger partial charge on any atom is -0.339 e. The minimum absolute atomic E-state index is 0.0836. The molecule has 32 heavy (non-hydrogen) atoms. The van der Waals surface area contributed by atoms with E-state index in [9.17, 15) is 13.2 Å². The van der Waals surface area contributed by atoms with Crippen molar-refractivity contribution in [3.05, 3.63) is 51.7 Å². The van der Waals surface area contributed by atoms with E-state index in [1.54, 1.807) is 41.7 Å². The molecule has 0 spiro atoms. The minimum atomic E-state index is -3.51. The number of halogens is 1. The van der Waals surface area contributed by atoms with Crippen LogP contribution >= 0.6 is 22.9 Å². The van der Waals surface area contributed by atoms with Gasteiger partial charge in [-0.25, -0.2) is 8.42 Å². The van der Waals surface area contributed by atoms with Crippen LogP contribution in [0, 0.1) is 0 Å². The first-order valence-electron chi connectivity index (χ1n) is 10.9. The molecule has 1 atom stereocenters. The summed E-state index contributed by atoms with van der Waals surface area (Å²) in [5.41, 5.74) is 0. The monoisotopic (exact) mass is 496 g/mol. The summed E-state index contributed by atoms with van der Waals surface area (Å²) in [5.74, 6) is 0.0836. The van der Waals surface area contributed by atoms with Gasteiger partial charge in [-0.3, -0.25) is 14.6 Å². The van der Waals surface area contributed by atoms with Crippen LogP contribution in [-0.4, -0.2) is 91.7 Å². The maximum atomic E-state index is 13.1. The molecule has 2 aliphatic rings. The number of benzene rings is 1. The first-order chi connectivity index (χ1) is 15.3. The molecule has 174 valence electrons. The number of rotatable bonds is 6. The van der Waals surface area contributed by atoms with Gasteiger partial charge in [-0.05, 0) is 31.2 Å². The predicted molar refractivity (Wildman–Crippen MR) is 127 cm³/mol.